The summed E-state index contributed by atoms with van der Waals surface area (Å²) in [7, 11) is 0. The van der Waals surface area contributed by atoms with Gasteiger partial charge >= 0.3 is 0 Å². The molecule has 0 atom stereocenters. The molecule has 0 saturated carbocycles. The molecule has 0 aliphatic rings. The molecule has 18 heavy (non-hydrogen) atoms. The third-order valence-corrected chi connectivity index (χ3v) is 3.04. The van der Waals surface area contributed by atoms with Gasteiger partial charge in [0, 0.05) is 11.6 Å². The largest absolute Gasteiger partial charge is 0.508 e. The Morgan fingerprint density at radius 3 is 2.56 bits per heavy atom. The molecule has 0 aliphatic heterocycles. The average Bonchev–Trinajstić information content (AvgIpc) is 2.34. The van der Waals surface area contributed by atoms with Crippen LogP contribution in [0.3, 0.4) is 0 Å². The van der Waals surface area contributed by atoms with Crippen molar-refractivity contribution in [2.45, 2.75) is 6.92 Å². The van der Waals surface area contributed by atoms with Gasteiger partial charge in [0.1, 0.15) is 22.7 Å². The van der Waals surface area contributed by atoms with E-state index >= 15 is 0 Å². The Hall–Kier alpha value is -2.49. The normalized spacial score (nSPS) is 11.2. The molecule has 4 heteroatoms. The van der Waals surface area contributed by atoms with Crippen LogP contribution in [0.15, 0.2) is 39.5 Å². The van der Waals surface area contributed by atoms with Crippen molar-refractivity contribution in [2.24, 2.45) is 0 Å². The van der Waals surface area contributed by atoms with Crippen LogP contribution >= 0.6 is 0 Å². The van der Waals surface area contributed by atoms with Gasteiger partial charge in [-0.25, -0.2) is 0 Å². The molecule has 1 aromatic heterocycles. The summed E-state index contributed by atoms with van der Waals surface area (Å²) in [6.07, 6.45) is 0. The van der Waals surface area contributed by atoms with Gasteiger partial charge in [0.25, 0.3) is 0 Å². The number of phenolic OH excluding ortho intramolecular Hbond substituents is 2. The smallest absolute Gasteiger partial charge is 0.200 e. The molecule has 0 saturated heterocycles. The van der Waals surface area contributed by atoms with Gasteiger partial charge in [0.05, 0.1) is 10.8 Å². The zero-order valence-electron chi connectivity index (χ0n) is 9.60. The second kappa shape index (κ2) is 3.50. The minimum Gasteiger partial charge on any atom is -0.508 e. The van der Waals surface area contributed by atoms with Gasteiger partial charge in [-0.2, -0.15) is 0 Å². The van der Waals surface area contributed by atoms with E-state index in [9.17, 15) is 15.0 Å². The Morgan fingerprint density at radius 1 is 1.06 bits per heavy atom. The fraction of sp³-hybridized carbons (Fsp3) is 0.0714. The SMILES string of the molecule is Cc1c(O)ccc2c(=O)c3ccc(O)cc3oc12. The number of hydrogen-bond acceptors (Lipinski definition) is 4. The summed E-state index contributed by atoms with van der Waals surface area (Å²) in [5, 5.41) is 19.9. The van der Waals surface area contributed by atoms with Crippen molar-refractivity contribution in [3.63, 3.8) is 0 Å². The monoisotopic (exact) mass is 242 g/mol. The minimum atomic E-state index is -0.172. The molecule has 0 fully saturated rings. The topological polar surface area (TPSA) is 70.7 Å². The predicted octanol–water partition coefficient (Wildman–Crippen LogP) is 2.67. The van der Waals surface area contributed by atoms with Gasteiger partial charge in [-0.15, -0.1) is 0 Å². The zero-order chi connectivity index (χ0) is 12.9. The van der Waals surface area contributed by atoms with Crippen LogP contribution in [0, 0.1) is 6.92 Å². The Bertz CT molecular complexity index is 830. The van der Waals surface area contributed by atoms with E-state index in [1.54, 1.807) is 6.92 Å². The number of rotatable bonds is 0. The fourth-order valence-electron chi connectivity index (χ4n) is 2.03. The molecule has 0 aliphatic carbocycles. The first-order valence-electron chi connectivity index (χ1n) is 5.46. The van der Waals surface area contributed by atoms with Crippen molar-refractivity contribution in [3.05, 3.63) is 46.1 Å². The highest BCUT2D eigenvalue weighted by atomic mass is 16.3. The maximum Gasteiger partial charge on any atom is 0.200 e. The van der Waals surface area contributed by atoms with Gasteiger partial charge in [-0.05, 0) is 31.2 Å². The molecule has 3 aromatic rings. The van der Waals surface area contributed by atoms with Gasteiger partial charge < -0.3 is 14.6 Å². The number of aryl methyl sites for hydroxylation is 1. The summed E-state index contributed by atoms with van der Waals surface area (Å²) in [5.41, 5.74) is 0.989. The van der Waals surface area contributed by atoms with Crippen LogP contribution in [0.5, 0.6) is 11.5 Å². The van der Waals surface area contributed by atoms with E-state index < -0.39 is 0 Å². The van der Waals surface area contributed by atoms with Crippen LogP contribution < -0.4 is 5.43 Å². The number of hydrogen-bond donors (Lipinski definition) is 2. The third-order valence-electron chi connectivity index (χ3n) is 3.04. The van der Waals surface area contributed by atoms with E-state index in [0.29, 0.717) is 27.5 Å². The summed E-state index contributed by atoms with van der Waals surface area (Å²) in [6.45, 7) is 1.68. The van der Waals surface area contributed by atoms with Crippen molar-refractivity contribution < 1.29 is 14.6 Å². The molecule has 0 bridgehead atoms. The Labute approximate surface area is 102 Å². The molecule has 2 N–H and O–H groups in total. The molecule has 3 rings (SSSR count). The summed E-state index contributed by atoms with van der Waals surface area (Å²) < 4.78 is 5.60. The number of fused-ring (bicyclic) bond motifs is 2. The van der Waals surface area contributed by atoms with Gasteiger partial charge in [0.15, 0.2) is 0 Å². The quantitative estimate of drug-likeness (QED) is 0.594. The second-order valence-corrected chi connectivity index (χ2v) is 4.20. The van der Waals surface area contributed by atoms with E-state index in [-0.39, 0.29) is 16.9 Å². The van der Waals surface area contributed by atoms with Gasteiger partial charge in [-0.1, -0.05) is 0 Å². The van der Waals surface area contributed by atoms with E-state index in [0.717, 1.165) is 0 Å². The van der Waals surface area contributed by atoms with Crippen LogP contribution in [-0.4, -0.2) is 10.2 Å². The second-order valence-electron chi connectivity index (χ2n) is 4.20. The standard InChI is InChI=1S/C14H10O4/c1-7-11(16)5-4-10-13(17)9-3-2-8(15)6-12(9)18-14(7)10/h2-6,15-16H,1H3. The van der Waals surface area contributed by atoms with Crippen molar-refractivity contribution in [2.75, 3.05) is 0 Å². The van der Waals surface area contributed by atoms with Crippen LogP contribution in [0.25, 0.3) is 21.9 Å². The lowest BCUT2D eigenvalue weighted by molar-refractivity contribution is 0.470. The molecule has 90 valence electrons. The van der Waals surface area contributed by atoms with Crippen molar-refractivity contribution in [1.82, 2.24) is 0 Å². The third kappa shape index (κ3) is 1.35. The highest BCUT2D eigenvalue weighted by molar-refractivity contribution is 5.92. The van der Waals surface area contributed by atoms with E-state index in [4.69, 9.17) is 4.42 Å². The van der Waals surface area contributed by atoms with Gasteiger partial charge in [-0.3, -0.25) is 4.79 Å². The zero-order valence-corrected chi connectivity index (χ0v) is 9.60. The van der Waals surface area contributed by atoms with Crippen LogP contribution in [0.2, 0.25) is 0 Å². The van der Waals surface area contributed by atoms with Crippen LogP contribution in [0.4, 0.5) is 0 Å². The Balaban J connectivity index is 2.61. The van der Waals surface area contributed by atoms with E-state index in [1.807, 2.05) is 0 Å². The summed E-state index contributed by atoms with van der Waals surface area (Å²) in [4.78, 5) is 12.2. The number of benzene rings is 2. The van der Waals surface area contributed by atoms with Crippen LogP contribution in [-0.2, 0) is 0 Å². The molecular formula is C14H10O4. The first-order chi connectivity index (χ1) is 8.58. The van der Waals surface area contributed by atoms with Crippen molar-refractivity contribution in [1.29, 1.82) is 0 Å². The maximum absolute atomic E-state index is 12.2. The summed E-state index contributed by atoms with van der Waals surface area (Å²) >= 11 is 0. The molecule has 4 nitrogen and oxygen atoms in total. The van der Waals surface area contributed by atoms with Crippen LogP contribution in [0.1, 0.15) is 5.56 Å². The lowest BCUT2D eigenvalue weighted by Crippen LogP contribution is -2.02. The minimum absolute atomic E-state index is 0.0304. The average molecular weight is 242 g/mol. The van der Waals surface area contributed by atoms with Crippen molar-refractivity contribution in [3.8, 4) is 11.5 Å². The lowest BCUT2D eigenvalue weighted by Gasteiger charge is -2.05. The van der Waals surface area contributed by atoms with E-state index in [1.165, 1.54) is 30.3 Å². The summed E-state index contributed by atoms with van der Waals surface area (Å²) in [6, 6.07) is 7.37. The first-order valence-corrected chi connectivity index (χ1v) is 5.46. The van der Waals surface area contributed by atoms with Crippen molar-refractivity contribution >= 4 is 21.9 Å². The molecular weight excluding hydrogens is 232 g/mol. The Morgan fingerprint density at radius 2 is 1.78 bits per heavy atom. The molecule has 0 amide bonds. The van der Waals surface area contributed by atoms with E-state index in [2.05, 4.69) is 0 Å². The number of aromatic hydroxyl groups is 2. The molecule has 1 heterocycles. The highest BCUT2D eigenvalue weighted by Gasteiger charge is 2.11. The first kappa shape index (κ1) is 10.7. The summed E-state index contributed by atoms with van der Waals surface area (Å²) in [5.74, 6) is 0.105. The molecule has 2 aromatic carbocycles. The molecule has 0 unspecified atom stereocenters. The van der Waals surface area contributed by atoms with Gasteiger partial charge in [0.2, 0.25) is 5.43 Å². The highest BCUT2D eigenvalue weighted by Crippen LogP contribution is 2.28. The lowest BCUT2D eigenvalue weighted by atomic mass is 10.1. The fourth-order valence-corrected chi connectivity index (χ4v) is 2.03. The number of phenols is 2. The Kier molecular flexibility index (Phi) is 2.07. The maximum atomic E-state index is 12.2. The molecule has 0 spiro atoms. The molecule has 0 radical (unpaired) electrons. The predicted molar refractivity (Wildman–Crippen MR) is 68.1 cm³/mol.